The highest BCUT2D eigenvalue weighted by molar-refractivity contribution is 6.35. The molecular formula is C18H21Cl2N. The van der Waals surface area contributed by atoms with Crippen LogP contribution < -0.4 is 5.32 Å². The second-order valence-corrected chi connectivity index (χ2v) is 6.27. The van der Waals surface area contributed by atoms with E-state index in [1.54, 1.807) is 6.07 Å². The predicted molar refractivity (Wildman–Crippen MR) is 92.2 cm³/mol. The molecule has 2 rings (SSSR count). The number of hydrogen-bond acceptors (Lipinski definition) is 1. The fraction of sp³-hybridized carbons (Fsp3) is 0.333. The first kappa shape index (κ1) is 16.4. The quantitative estimate of drug-likeness (QED) is 0.701. The molecule has 0 bridgehead atoms. The zero-order valence-corrected chi connectivity index (χ0v) is 14.2. The lowest BCUT2D eigenvalue weighted by molar-refractivity contribution is 0.456. The number of hydrogen-bond donors (Lipinski definition) is 1. The van der Waals surface area contributed by atoms with Gasteiger partial charge in [0, 0.05) is 22.1 Å². The second-order valence-electron chi connectivity index (χ2n) is 5.43. The van der Waals surface area contributed by atoms with Gasteiger partial charge in [-0.3, -0.25) is 0 Å². The minimum Gasteiger partial charge on any atom is -0.303 e. The van der Waals surface area contributed by atoms with Crippen molar-refractivity contribution in [3.8, 4) is 0 Å². The van der Waals surface area contributed by atoms with Gasteiger partial charge in [-0.15, -0.1) is 0 Å². The predicted octanol–water partition coefficient (Wildman–Crippen LogP) is 6.10. The molecule has 21 heavy (non-hydrogen) atoms. The minimum absolute atomic E-state index is 0.168. The molecule has 1 nitrogen and oxygen atoms in total. The lowest BCUT2D eigenvalue weighted by Gasteiger charge is -2.24. The van der Waals surface area contributed by atoms with Crippen molar-refractivity contribution in [1.29, 1.82) is 0 Å². The van der Waals surface area contributed by atoms with Crippen molar-refractivity contribution in [3.63, 3.8) is 0 Å². The molecular weight excluding hydrogens is 301 g/mol. The molecule has 0 radical (unpaired) electrons. The molecule has 2 unspecified atom stereocenters. The van der Waals surface area contributed by atoms with E-state index in [0.29, 0.717) is 16.1 Å². The summed E-state index contributed by atoms with van der Waals surface area (Å²) in [5.74, 6) is 0. The molecule has 3 heteroatoms. The molecule has 2 aromatic rings. The molecule has 0 aromatic heterocycles. The number of nitrogens with one attached hydrogen (secondary N) is 1. The molecule has 0 saturated heterocycles. The van der Waals surface area contributed by atoms with E-state index in [2.05, 4.69) is 50.4 Å². The monoisotopic (exact) mass is 321 g/mol. The van der Waals surface area contributed by atoms with E-state index in [4.69, 9.17) is 23.2 Å². The smallest absolute Gasteiger partial charge is 0.0468 e. The summed E-state index contributed by atoms with van der Waals surface area (Å²) < 4.78 is 0. The van der Waals surface area contributed by atoms with Crippen molar-refractivity contribution in [2.75, 3.05) is 0 Å². The van der Waals surface area contributed by atoms with E-state index >= 15 is 0 Å². The number of benzene rings is 2. The standard InChI is InChI=1S/C18H21Cl2N/c1-4-18(14-7-5-12(2)6-8-14)21-13(3)16-10-9-15(19)11-17(16)20/h5-11,13,18,21H,4H2,1-3H3. The molecule has 1 N–H and O–H groups in total. The van der Waals surface area contributed by atoms with Gasteiger partial charge in [-0.05, 0) is 43.5 Å². The lowest BCUT2D eigenvalue weighted by Crippen LogP contribution is -2.24. The average molecular weight is 322 g/mol. The number of aryl methyl sites for hydroxylation is 1. The summed E-state index contributed by atoms with van der Waals surface area (Å²) in [5, 5.41) is 5.03. The van der Waals surface area contributed by atoms with Crippen molar-refractivity contribution in [3.05, 3.63) is 69.2 Å². The van der Waals surface area contributed by atoms with Gasteiger partial charge in [0.1, 0.15) is 0 Å². The van der Waals surface area contributed by atoms with Crippen LogP contribution in [0.15, 0.2) is 42.5 Å². The SMILES string of the molecule is CCC(NC(C)c1ccc(Cl)cc1Cl)c1ccc(C)cc1. The highest BCUT2D eigenvalue weighted by Gasteiger charge is 2.15. The fourth-order valence-electron chi connectivity index (χ4n) is 2.49. The van der Waals surface area contributed by atoms with E-state index in [9.17, 15) is 0 Å². The number of rotatable bonds is 5. The first-order valence-corrected chi connectivity index (χ1v) is 8.04. The molecule has 2 atom stereocenters. The third-order valence-electron chi connectivity index (χ3n) is 3.77. The lowest BCUT2D eigenvalue weighted by atomic mass is 10.0. The largest absolute Gasteiger partial charge is 0.303 e. The molecule has 2 aromatic carbocycles. The first-order valence-electron chi connectivity index (χ1n) is 7.28. The minimum atomic E-state index is 0.168. The van der Waals surface area contributed by atoms with Gasteiger partial charge < -0.3 is 5.32 Å². The summed E-state index contributed by atoms with van der Waals surface area (Å²) in [7, 11) is 0. The van der Waals surface area contributed by atoms with Gasteiger partial charge in [0.05, 0.1) is 0 Å². The van der Waals surface area contributed by atoms with Gasteiger partial charge >= 0.3 is 0 Å². The Morgan fingerprint density at radius 1 is 1.05 bits per heavy atom. The molecule has 0 spiro atoms. The van der Waals surface area contributed by atoms with Gasteiger partial charge in [-0.25, -0.2) is 0 Å². The van der Waals surface area contributed by atoms with Crippen LogP contribution in [0.25, 0.3) is 0 Å². The maximum atomic E-state index is 6.29. The highest BCUT2D eigenvalue weighted by atomic mass is 35.5. The van der Waals surface area contributed by atoms with Gasteiger partial charge in [0.15, 0.2) is 0 Å². The van der Waals surface area contributed by atoms with Crippen LogP contribution in [0.3, 0.4) is 0 Å². The summed E-state index contributed by atoms with van der Waals surface area (Å²) in [6.07, 6.45) is 1.03. The number of halogens is 2. The Hall–Kier alpha value is -1.02. The Morgan fingerprint density at radius 2 is 1.71 bits per heavy atom. The van der Waals surface area contributed by atoms with Gasteiger partial charge in [-0.1, -0.05) is 66.0 Å². The van der Waals surface area contributed by atoms with Crippen LogP contribution in [-0.4, -0.2) is 0 Å². The van der Waals surface area contributed by atoms with Crippen LogP contribution in [-0.2, 0) is 0 Å². The maximum Gasteiger partial charge on any atom is 0.0468 e. The van der Waals surface area contributed by atoms with Gasteiger partial charge in [-0.2, -0.15) is 0 Å². The zero-order chi connectivity index (χ0) is 15.4. The normalized spacial score (nSPS) is 14.0. The van der Waals surface area contributed by atoms with Crippen molar-refractivity contribution in [1.82, 2.24) is 5.32 Å². The Morgan fingerprint density at radius 3 is 2.29 bits per heavy atom. The second kappa shape index (κ2) is 7.31. The first-order chi connectivity index (χ1) is 10.0. The van der Waals surface area contributed by atoms with Crippen LogP contribution in [0.1, 0.15) is 49.0 Å². The third kappa shape index (κ3) is 4.23. The van der Waals surface area contributed by atoms with E-state index in [1.165, 1.54) is 11.1 Å². The van der Waals surface area contributed by atoms with Gasteiger partial charge in [0.2, 0.25) is 0 Å². The zero-order valence-electron chi connectivity index (χ0n) is 12.7. The Kier molecular flexibility index (Phi) is 5.69. The summed E-state index contributed by atoms with van der Waals surface area (Å²) in [5.41, 5.74) is 3.66. The summed E-state index contributed by atoms with van der Waals surface area (Å²) in [4.78, 5) is 0. The molecule has 0 amide bonds. The average Bonchev–Trinajstić information content (AvgIpc) is 2.45. The Bertz CT molecular complexity index is 593. The van der Waals surface area contributed by atoms with Crippen LogP contribution in [0, 0.1) is 6.92 Å². The van der Waals surface area contributed by atoms with E-state index in [-0.39, 0.29) is 6.04 Å². The third-order valence-corrected chi connectivity index (χ3v) is 4.33. The molecule has 0 aliphatic rings. The van der Waals surface area contributed by atoms with Crippen LogP contribution in [0.2, 0.25) is 10.0 Å². The molecule has 0 heterocycles. The van der Waals surface area contributed by atoms with E-state index < -0.39 is 0 Å². The van der Waals surface area contributed by atoms with Crippen molar-refractivity contribution < 1.29 is 0 Å². The Balaban J connectivity index is 2.15. The van der Waals surface area contributed by atoms with Crippen molar-refractivity contribution in [2.45, 2.75) is 39.3 Å². The molecule has 112 valence electrons. The van der Waals surface area contributed by atoms with Gasteiger partial charge in [0.25, 0.3) is 0 Å². The fourth-order valence-corrected chi connectivity index (χ4v) is 3.06. The maximum absolute atomic E-state index is 6.29. The molecule has 0 aliphatic heterocycles. The van der Waals surface area contributed by atoms with Crippen LogP contribution in [0.5, 0.6) is 0 Å². The van der Waals surface area contributed by atoms with E-state index in [0.717, 1.165) is 12.0 Å². The summed E-state index contributed by atoms with van der Waals surface area (Å²) >= 11 is 12.3. The molecule has 0 aliphatic carbocycles. The van der Waals surface area contributed by atoms with Crippen LogP contribution in [0.4, 0.5) is 0 Å². The topological polar surface area (TPSA) is 12.0 Å². The summed E-state index contributed by atoms with van der Waals surface area (Å²) in [6, 6.07) is 14.8. The van der Waals surface area contributed by atoms with Crippen molar-refractivity contribution >= 4 is 23.2 Å². The Labute approximate surface area is 137 Å². The summed E-state index contributed by atoms with van der Waals surface area (Å²) in [6.45, 7) is 6.42. The van der Waals surface area contributed by atoms with Crippen LogP contribution >= 0.6 is 23.2 Å². The molecule has 0 saturated carbocycles. The van der Waals surface area contributed by atoms with E-state index in [1.807, 2.05) is 12.1 Å². The molecule has 0 fully saturated rings. The van der Waals surface area contributed by atoms with Crippen molar-refractivity contribution in [2.24, 2.45) is 0 Å². The highest BCUT2D eigenvalue weighted by Crippen LogP contribution is 2.29.